The Morgan fingerprint density at radius 3 is 2.67 bits per heavy atom. The zero-order valence-electron chi connectivity index (χ0n) is 12.2. The van der Waals surface area contributed by atoms with Crippen molar-refractivity contribution in [1.82, 2.24) is 10.1 Å². The molecule has 1 N–H and O–H groups in total. The van der Waals surface area contributed by atoms with Crippen LogP contribution in [-0.4, -0.2) is 28.5 Å². The number of aliphatic hydroxyl groups is 1. The second-order valence-corrected chi connectivity index (χ2v) is 5.56. The molecule has 1 aromatic carbocycles. The summed E-state index contributed by atoms with van der Waals surface area (Å²) in [6.07, 6.45) is 4.68. The van der Waals surface area contributed by atoms with Gasteiger partial charge >= 0.3 is 0 Å². The third kappa shape index (κ3) is 3.24. The molecule has 5 heteroatoms. The predicted octanol–water partition coefficient (Wildman–Crippen LogP) is 2.84. The van der Waals surface area contributed by atoms with Crippen LogP contribution in [0.2, 0.25) is 0 Å². The van der Waals surface area contributed by atoms with Crippen molar-refractivity contribution in [2.24, 2.45) is 5.92 Å². The summed E-state index contributed by atoms with van der Waals surface area (Å²) >= 11 is 0. The highest BCUT2D eigenvalue weighted by molar-refractivity contribution is 5.55. The first kappa shape index (κ1) is 14.1. The summed E-state index contributed by atoms with van der Waals surface area (Å²) in [7, 11) is 1.63. The Morgan fingerprint density at radius 1 is 1.29 bits per heavy atom. The van der Waals surface area contributed by atoms with Crippen LogP contribution in [0.1, 0.15) is 31.6 Å². The third-order valence-electron chi connectivity index (χ3n) is 4.14. The van der Waals surface area contributed by atoms with Gasteiger partial charge in [0.05, 0.1) is 19.6 Å². The molecule has 0 aliphatic heterocycles. The number of hydrogen-bond acceptors (Lipinski definition) is 5. The molecule has 3 rings (SSSR count). The normalized spacial score (nSPS) is 17.0. The Labute approximate surface area is 123 Å². The lowest BCUT2D eigenvalue weighted by Gasteiger charge is -2.14. The number of aliphatic hydroxyl groups excluding tert-OH is 1. The highest BCUT2D eigenvalue weighted by atomic mass is 16.5. The van der Waals surface area contributed by atoms with E-state index >= 15 is 0 Å². The third-order valence-corrected chi connectivity index (χ3v) is 4.14. The van der Waals surface area contributed by atoms with Crippen molar-refractivity contribution in [2.45, 2.75) is 38.2 Å². The van der Waals surface area contributed by atoms with E-state index in [2.05, 4.69) is 10.1 Å². The van der Waals surface area contributed by atoms with Gasteiger partial charge in [0.1, 0.15) is 5.75 Å². The minimum absolute atomic E-state index is 0.376. The second-order valence-electron chi connectivity index (χ2n) is 5.56. The summed E-state index contributed by atoms with van der Waals surface area (Å²) in [5, 5.41) is 14.2. The Hall–Kier alpha value is -1.88. The molecule has 1 unspecified atom stereocenters. The molecule has 0 saturated heterocycles. The van der Waals surface area contributed by atoms with Gasteiger partial charge in [0.25, 0.3) is 0 Å². The minimum Gasteiger partial charge on any atom is -0.497 e. The quantitative estimate of drug-likeness (QED) is 0.916. The van der Waals surface area contributed by atoms with Gasteiger partial charge in [-0.25, -0.2) is 0 Å². The monoisotopic (exact) mass is 288 g/mol. The average Bonchev–Trinajstić information content (AvgIpc) is 3.19. The van der Waals surface area contributed by atoms with Crippen molar-refractivity contribution in [3.05, 3.63) is 30.2 Å². The second kappa shape index (κ2) is 6.26. The molecule has 1 heterocycles. The number of hydrogen-bond donors (Lipinski definition) is 1. The van der Waals surface area contributed by atoms with Crippen LogP contribution in [0, 0.1) is 5.92 Å². The van der Waals surface area contributed by atoms with Crippen LogP contribution < -0.4 is 4.74 Å². The molecular weight excluding hydrogens is 268 g/mol. The van der Waals surface area contributed by atoms with E-state index in [1.165, 1.54) is 12.8 Å². The van der Waals surface area contributed by atoms with Crippen LogP contribution in [0.5, 0.6) is 5.75 Å². The van der Waals surface area contributed by atoms with E-state index in [9.17, 15) is 5.11 Å². The SMILES string of the molecule is COc1ccc(-c2noc(CC(O)C3CCCC3)n2)cc1. The van der Waals surface area contributed by atoms with Gasteiger partial charge in [-0.2, -0.15) is 4.98 Å². The van der Waals surface area contributed by atoms with Crippen molar-refractivity contribution in [2.75, 3.05) is 7.11 Å². The molecular formula is C16H20N2O3. The molecule has 0 bridgehead atoms. The minimum atomic E-state index is -0.378. The number of nitrogens with zero attached hydrogens (tertiary/aromatic N) is 2. The van der Waals surface area contributed by atoms with Crippen molar-refractivity contribution in [3.8, 4) is 17.1 Å². The van der Waals surface area contributed by atoms with Crippen LogP contribution in [-0.2, 0) is 6.42 Å². The van der Waals surface area contributed by atoms with E-state index in [0.717, 1.165) is 24.2 Å². The van der Waals surface area contributed by atoms with Gasteiger partial charge in [-0.1, -0.05) is 18.0 Å². The fraction of sp³-hybridized carbons (Fsp3) is 0.500. The Balaban J connectivity index is 1.67. The first-order valence-corrected chi connectivity index (χ1v) is 7.41. The molecule has 0 spiro atoms. The lowest BCUT2D eigenvalue weighted by molar-refractivity contribution is 0.102. The van der Waals surface area contributed by atoms with Crippen molar-refractivity contribution >= 4 is 0 Å². The maximum atomic E-state index is 10.2. The fourth-order valence-electron chi connectivity index (χ4n) is 2.88. The summed E-state index contributed by atoms with van der Waals surface area (Å²) in [6.45, 7) is 0. The number of aromatic nitrogens is 2. The fourth-order valence-corrected chi connectivity index (χ4v) is 2.88. The summed E-state index contributed by atoms with van der Waals surface area (Å²) < 4.78 is 10.4. The van der Waals surface area contributed by atoms with Gasteiger partial charge in [-0.05, 0) is 43.0 Å². The predicted molar refractivity (Wildman–Crippen MR) is 78.0 cm³/mol. The molecule has 5 nitrogen and oxygen atoms in total. The zero-order chi connectivity index (χ0) is 14.7. The summed E-state index contributed by atoms with van der Waals surface area (Å²) in [4.78, 5) is 4.37. The number of methoxy groups -OCH3 is 1. The van der Waals surface area contributed by atoms with Gasteiger partial charge in [-0.15, -0.1) is 0 Å². The molecule has 1 aliphatic rings. The van der Waals surface area contributed by atoms with E-state index in [1.54, 1.807) is 7.11 Å². The smallest absolute Gasteiger partial charge is 0.229 e. The molecule has 1 fully saturated rings. The number of rotatable bonds is 5. The van der Waals surface area contributed by atoms with E-state index in [4.69, 9.17) is 9.26 Å². The van der Waals surface area contributed by atoms with Crippen molar-refractivity contribution in [1.29, 1.82) is 0 Å². The van der Waals surface area contributed by atoms with Gasteiger partial charge in [0.15, 0.2) is 0 Å². The van der Waals surface area contributed by atoms with Crippen LogP contribution in [0.15, 0.2) is 28.8 Å². The standard InChI is InChI=1S/C16H20N2O3/c1-20-13-8-6-12(7-9-13)16-17-15(21-18-16)10-14(19)11-4-2-3-5-11/h6-9,11,14,19H,2-5,10H2,1H3. The van der Waals surface area contributed by atoms with E-state index < -0.39 is 0 Å². The molecule has 1 atom stereocenters. The maximum absolute atomic E-state index is 10.2. The van der Waals surface area contributed by atoms with Crippen LogP contribution in [0.25, 0.3) is 11.4 Å². The number of ether oxygens (including phenoxy) is 1. The lowest BCUT2D eigenvalue weighted by Crippen LogP contribution is -2.20. The number of benzene rings is 1. The molecule has 1 aliphatic carbocycles. The Bertz CT molecular complexity index is 573. The highest BCUT2D eigenvalue weighted by Gasteiger charge is 2.25. The summed E-state index contributed by atoms with van der Waals surface area (Å²) in [6, 6.07) is 7.50. The first-order valence-electron chi connectivity index (χ1n) is 7.41. The van der Waals surface area contributed by atoms with Crippen LogP contribution >= 0.6 is 0 Å². The van der Waals surface area contributed by atoms with E-state index in [-0.39, 0.29) is 6.10 Å². The molecule has 21 heavy (non-hydrogen) atoms. The zero-order valence-corrected chi connectivity index (χ0v) is 12.2. The van der Waals surface area contributed by atoms with Crippen molar-refractivity contribution in [3.63, 3.8) is 0 Å². The van der Waals surface area contributed by atoms with Crippen LogP contribution in [0.4, 0.5) is 0 Å². The van der Waals surface area contributed by atoms with Gasteiger partial charge in [0, 0.05) is 5.56 Å². The largest absolute Gasteiger partial charge is 0.497 e. The van der Waals surface area contributed by atoms with Gasteiger partial charge < -0.3 is 14.4 Å². The molecule has 0 amide bonds. The summed E-state index contributed by atoms with van der Waals surface area (Å²) in [5.74, 6) is 2.21. The molecule has 1 saturated carbocycles. The lowest BCUT2D eigenvalue weighted by atomic mass is 9.98. The van der Waals surface area contributed by atoms with Gasteiger partial charge in [-0.3, -0.25) is 0 Å². The molecule has 112 valence electrons. The average molecular weight is 288 g/mol. The topological polar surface area (TPSA) is 68.4 Å². The highest BCUT2D eigenvalue weighted by Crippen LogP contribution is 2.29. The maximum Gasteiger partial charge on any atom is 0.229 e. The van der Waals surface area contributed by atoms with E-state index in [0.29, 0.717) is 24.1 Å². The van der Waals surface area contributed by atoms with Gasteiger partial charge in [0.2, 0.25) is 11.7 Å². The van der Waals surface area contributed by atoms with Crippen molar-refractivity contribution < 1.29 is 14.4 Å². The summed E-state index contributed by atoms with van der Waals surface area (Å²) in [5.41, 5.74) is 0.876. The molecule has 0 radical (unpaired) electrons. The Kier molecular flexibility index (Phi) is 4.20. The first-order chi connectivity index (χ1) is 10.3. The van der Waals surface area contributed by atoms with E-state index in [1.807, 2.05) is 24.3 Å². The molecule has 2 aromatic rings. The molecule has 1 aromatic heterocycles. The van der Waals surface area contributed by atoms with Crippen LogP contribution in [0.3, 0.4) is 0 Å². The Morgan fingerprint density at radius 2 is 2.00 bits per heavy atom.